The van der Waals surface area contributed by atoms with Gasteiger partial charge >= 0.3 is 0 Å². The smallest absolute Gasteiger partial charge is 0.161 e. The van der Waals surface area contributed by atoms with Crippen molar-refractivity contribution in [2.45, 2.75) is 20.5 Å². The molecule has 0 saturated heterocycles. The summed E-state index contributed by atoms with van der Waals surface area (Å²) in [5, 5.41) is 0. The fraction of sp³-hybridized carbons (Fsp3) is 0.250. The van der Waals surface area contributed by atoms with Gasteiger partial charge in [-0.25, -0.2) is 0 Å². The van der Waals surface area contributed by atoms with E-state index < -0.39 is 0 Å². The van der Waals surface area contributed by atoms with Crippen LogP contribution in [0.15, 0.2) is 42.5 Å². The Morgan fingerprint density at radius 3 is 2.11 bits per heavy atom. The Kier molecular flexibility index (Phi) is 3.88. The monoisotopic (exact) mass is 242 g/mol. The number of ether oxygens (including phenoxy) is 2. The quantitative estimate of drug-likeness (QED) is 0.809. The number of hydrogen-bond donors (Lipinski definition) is 0. The molecule has 0 aliphatic rings. The molecule has 18 heavy (non-hydrogen) atoms. The van der Waals surface area contributed by atoms with Gasteiger partial charge in [-0.1, -0.05) is 30.3 Å². The molecule has 0 radical (unpaired) electrons. The van der Waals surface area contributed by atoms with Gasteiger partial charge in [-0.2, -0.15) is 0 Å². The van der Waals surface area contributed by atoms with Crippen molar-refractivity contribution in [3.05, 3.63) is 59.2 Å². The topological polar surface area (TPSA) is 18.5 Å². The summed E-state index contributed by atoms with van der Waals surface area (Å²) in [4.78, 5) is 0. The molecule has 2 heteroatoms. The molecular formula is C16H18O2. The van der Waals surface area contributed by atoms with E-state index in [4.69, 9.17) is 9.47 Å². The van der Waals surface area contributed by atoms with Gasteiger partial charge in [0, 0.05) is 0 Å². The van der Waals surface area contributed by atoms with E-state index in [2.05, 4.69) is 13.8 Å². The summed E-state index contributed by atoms with van der Waals surface area (Å²) in [5.41, 5.74) is 3.57. The van der Waals surface area contributed by atoms with Crippen LogP contribution < -0.4 is 9.47 Å². The molecule has 0 saturated carbocycles. The fourth-order valence-corrected chi connectivity index (χ4v) is 1.77. The average molecular weight is 242 g/mol. The molecule has 0 amide bonds. The molecule has 0 fully saturated rings. The van der Waals surface area contributed by atoms with Crippen LogP contribution in [0.25, 0.3) is 0 Å². The first-order chi connectivity index (χ1) is 8.70. The van der Waals surface area contributed by atoms with Gasteiger partial charge in [-0.3, -0.25) is 0 Å². The van der Waals surface area contributed by atoms with Crippen LogP contribution >= 0.6 is 0 Å². The van der Waals surface area contributed by atoms with E-state index in [1.165, 1.54) is 11.1 Å². The van der Waals surface area contributed by atoms with Gasteiger partial charge in [-0.05, 0) is 42.7 Å². The fourth-order valence-electron chi connectivity index (χ4n) is 1.77. The largest absolute Gasteiger partial charge is 0.493 e. The third-order valence-electron chi connectivity index (χ3n) is 3.02. The third kappa shape index (κ3) is 2.83. The Balaban J connectivity index is 2.16. The lowest BCUT2D eigenvalue weighted by molar-refractivity contribution is 0.284. The van der Waals surface area contributed by atoms with Crippen LogP contribution in [-0.4, -0.2) is 7.11 Å². The highest BCUT2D eigenvalue weighted by Crippen LogP contribution is 2.30. The van der Waals surface area contributed by atoms with Crippen LogP contribution in [0, 0.1) is 13.8 Å². The second-order valence-electron chi connectivity index (χ2n) is 4.36. The van der Waals surface area contributed by atoms with E-state index in [1.807, 2.05) is 42.5 Å². The van der Waals surface area contributed by atoms with Crippen LogP contribution in [0.1, 0.15) is 16.7 Å². The molecule has 0 N–H and O–H groups in total. The first-order valence-electron chi connectivity index (χ1n) is 6.02. The highest BCUT2D eigenvalue weighted by molar-refractivity contribution is 5.46. The lowest BCUT2D eigenvalue weighted by atomic mass is 10.1. The highest BCUT2D eigenvalue weighted by atomic mass is 16.5. The third-order valence-corrected chi connectivity index (χ3v) is 3.02. The number of rotatable bonds is 4. The molecule has 0 unspecified atom stereocenters. The van der Waals surface area contributed by atoms with Crippen molar-refractivity contribution >= 4 is 0 Å². The van der Waals surface area contributed by atoms with E-state index in [-0.39, 0.29) is 0 Å². The summed E-state index contributed by atoms with van der Waals surface area (Å²) in [6.07, 6.45) is 0. The lowest BCUT2D eigenvalue weighted by Crippen LogP contribution is -1.98. The van der Waals surface area contributed by atoms with Crippen molar-refractivity contribution in [1.29, 1.82) is 0 Å². The second-order valence-corrected chi connectivity index (χ2v) is 4.36. The second kappa shape index (κ2) is 5.58. The van der Waals surface area contributed by atoms with Crippen molar-refractivity contribution in [2.75, 3.05) is 7.11 Å². The minimum Gasteiger partial charge on any atom is -0.493 e. The maximum atomic E-state index is 5.82. The Hall–Kier alpha value is -1.96. The molecule has 0 aliphatic heterocycles. The Labute approximate surface area is 108 Å². The van der Waals surface area contributed by atoms with Crippen LogP contribution in [-0.2, 0) is 6.61 Å². The molecule has 2 aromatic carbocycles. The van der Waals surface area contributed by atoms with Gasteiger partial charge in [0.15, 0.2) is 11.5 Å². The molecule has 0 spiro atoms. The van der Waals surface area contributed by atoms with Gasteiger partial charge in [-0.15, -0.1) is 0 Å². The van der Waals surface area contributed by atoms with E-state index >= 15 is 0 Å². The summed E-state index contributed by atoms with van der Waals surface area (Å²) in [6.45, 7) is 4.70. The van der Waals surface area contributed by atoms with Crippen molar-refractivity contribution in [2.24, 2.45) is 0 Å². The predicted octanol–water partition coefficient (Wildman–Crippen LogP) is 3.89. The number of benzene rings is 2. The maximum Gasteiger partial charge on any atom is 0.161 e. The molecule has 0 aliphatic carbocycles. The van der Waals surface area contributed by atoms with Gasteiger partial charge in [0.05, 0.1) is 7.11 Å². The molecule has 94 valence electrons. The van der Waals surface area contributed by atoms with Gasteiger partial charge < -0.3 is 9.47 Å². The molecule has 0 heterocycles. The van der Waals surface area contributed by atoms with Crippen LogP contribution in [0.2, 0.25) is 0 Å². The molecule has 0 atom stereocenters. The van der Waals surface area contributed by atoms with Crippen LogP contribution in [0.5, 0.6) is 11.5 Å². The summed E-state index contributed by atoms with van der Waals surface area (Å²) in [6, 6.07) is 14.2. The number of methoxy groups -OCH3 is 1. The first-order valence-corrected chi connectivity index (χ1v) is 6.02. The van der Waals surface area contributed by atoms with Crippen molar-refractivity contribution < 1.29 is 9.47 Å². The zero-order chi connectivity index (χ0) is 13.0. The predicted molar refractivity (Wildman–Crippen MR) is 73.2 cm³/mol. The SMILES string of the molecule is COc1cc(C)c(C)cc1OCc1ccccc1. The minimum absolute atomic E-state index is 0.555. The summed E-state index contributed by atoms with van der Waals surface area (Å²) in [7, 11) is 1.67. The van der Waals surface area contributed by atoms with E-state index in [0.29, 0.717) is 6.61 Å². The van der Waals surface area contributed by atoms with Crippen molar-refractivity contribution in [1.82, 2.24) is 0 Å². The zero-order valence-corrected chi connectivity index (χ0v) is 11.1. The summed E-state index contributed by atoms with van der Waals surface area (Å²) in [5.74, 6) is 1.58. The number of aryl methyl sites for hydroxylation is 2. The Morgan fingerprint density at radius 1 is 0.889 bits per heavy atom. The highest BCUT2D eigenvalue weighted by Gasteiger charge is 2.07. The Morgan fingerprint density at radius 2 is 1.50 bits per heavy atom. The zero-order valence-electron chi connectivity index (χ0n) is 11.1. The van der Waals surface area contributed by atoms with E-state index in [0.717, 1.165) is 17.1 Å². The maximum absolute atomic E-state index is 5.82. The standard InChI is InChI=1S/C16H18O2/c1-12-9-15(17-3)16(10-13(12)2)18-11-14-7-5-4-6-8-14/h4-10H,11H2,1-3H3. The van der Waals surface area contributed by atoms with Gasteiger partial charge in [0.25, 0.3) is 0 Å². The lowest BCUT2D eigenvalue weighted by Gasteiger charge is -2.13. The van der Waals surface area contributed by atoms with E-state index in [1.54, 1.807) is 7.11 Å². The van der Waals surface area contributed by atoms with Crippen molar-refractivity contribution in [3.63, 3.8) is 0 Å². The normalized spacial score (nSPS) is 10.2. The van der Waals surface area contributed by atoms with Crippen LogP contribution in [0.4, 0.5) is 0 Å². The van der Waals surface area contributed by atoms with E-state index in [9.17, 15) is 0 Å². The average Bonchev–Trinajstić information content (AvgIpc) is 2.41. The van der Waals surface area contributed by atoms with Gasteiger partial charge in [0.2, 0.25) is 0 Å². The molecular weight excluding hydrogens is 224 g/mol. The minimum atomic E-state index is 0.555. The summed E-state index contributed by atoms with van der Waals surface area (Å²) >= 11 is 0. The Bertz CT molecular complexity index is 518. The van der Waals surface area contributed by atoms with Crippen LogP contribution in [0.3, 0.4) is 0 Å². The molecule has 2 nitrogen and oxygen atoms in total. The molecule has 0 bridgehead atoms. The molecule has 0 aromatic heterocycles. The first kappa shape index (κ1) is 12.5. The van der Waals surface area contributed by atoms with Crippen molar-refractivity contribution in [3.8, 4) is 11.5 Å². The summed E-state index contributed by atoms with van der Waals surface area (Å²) < 4.78 is 11.2. The number of hydrogen-bond acceptors (Lipinski definition) is 2. The molecule has 2 rings (SSSR count). The van der Waals surface area contributed by atoms with Gasteiger partial charge in [0.1, 0.15) is 6.61 Å². The molecule has 2 aromatic rings.